The maximum absolute atomic E-state index is 12.5. The molecular formula is C41H73NO5S. The van der Waals surface area contributed by atoms with Gasteiger partial charge in [-0.1, -0.05) is 158 Å². The molecule has 278 valence electrons. The van der Waals surface area contributed by atoms with Gasteiger partial charge in [-0.3, -0.25) is 9.35 Å². The van der Waals surface area contributed by atoms with E-state index in [0.29, 0.717) is 6.42 Å². The van der Waals surface area contributed by atoms with Crippen LogP contribution >= 0.6 is 0 Å². The number of aliphatic hydroxyl groups is 1. The molecule has 2 atom stereocenters. The predicted molar refractivity (Wildman–Crippen MR) is 207 cm³/mol. The van der Waals surface area contributed by atoms with Crippen molar-refractivity contribution >= 4 is 16.0 Å². The SMILES string of the molecule is CCCCCC/C=C/CC/C=C/C(O)C(CS(=O)(=O)O)NC(=O)CCCCCCCCCC/C=C\C/C=C\C/C=C\CCCCCCC. The fraction of sp³-hybridized carbons (Fsp3) is 0.732. The second-order valence-corrected chi connectivity index (χ2v) is 14.7. The summed E-state index contributed by atoms with van der Waals surface area (Å²) in [5.74, 6) is -1.02. The summed E-state index contributed by atoms with van der Waals surface area (Å²) in [6.07, 6.45) is 47.9. The number of unbranched alkanes of at least 4 members (excludes halogenated alkanes) is 18. The van der Waals surface area contributed by atoms with Crippen LogP contribution in [0.25, 0.3) is 0 Å². The zero-order chi connectivity index (χ0) is 35.4. The molecule has 0 heterocycles. The molecule has 6 nitrogen and oxygen atoms in total. The van der Waals surface area contributed by atoms with E-state index in [1.54, 1.807) is 6.08 Å². The highest BCUT2D eigenvalue weighted by atomic mass is 32.2. The number of amides is 1. The Morgan fingerprint density at radius 1 is 0.562 bits per heavy atom. The molecule has 2 unspecified atom stereocenters. The molecule has 7 heteroatoms. The molecule has 0 aliphatic heterocycles. The maximum Gasteiger partial charge on any atom is 0.267 e. The van der Waals surface area contributed by atoms with Crippen molar-refractivity contribution in [3.8, 4) is 0 Å². The molecule has 0 aromatic carbocycles. The number of rotatable bonds is 34. The monoisotopic (exact) mass is 692 g/mol. The summed E-state index contributed by atoms with van der Waals surface area (Å²) in [6.45, 7) is 4.45. The Morgan fingerprint density at radius 3 is 1.48 bits per heavy atom. The quantitative estimate of drug-likeness (QED) is 0.0354. The summed E-state index contributed by atoms with van der Waals surface area (Å²) in [6, 6.07) is -1.08. The Labute approximate surface area is 296 Å². The van der Waals surface area contributed by atoms with E-state index in [2.05, 4.69) is 67.8 Å². The molecule has 0 spiro atoms. The van der Waals surface area contributed by atoms with E-state index in [-0.39, 0.29) is 12.3 Å². The van der Waals surface area contributed by atoms with Gasteiger partial charge in [-0.05, 0) is 70.6 Å². The van der Waals surface area contributed by atoms with E-state index >= 15 is 0 Å². The van der Waals surface area contributed by atoms with Crippen LogP contribution in [0.4, 0.5) is 0 Å². The molecule has 0 aromatic heterocycles. The number of hydrogen-bond donors (Lipinski definition) is 3. The Balaban J connectivity index is 3.92. The summed E-state index contributed by atoms with van der Waals surface area (Å²) in [7, 11) is -4.35. The highest BCUT2D eigenvalue weighted by molar-refractivity contribution is 7.85. The first-order valence-electron chi connectivity index (χ1n) is 19.5. The van der Waals surface area contributed by atoms with Crippen LogP contribution in [0.5, 0.6) is 0 Å². The van der Waals surface area contributed by atoms with Gasteiger partial charge in [0.25, 0.3) is 10.1 Å². The van der Waals surface area contributed by atoms with E-state index in [9.17, 15) is 22.9 Å². The minimum atomic E-state index is -4.35. The molecule has 0 fully saturated rings. The van der Waals surface area contributed by atoms with Gasteiger partial charge in [0, 0.05) is 6.42 Å². The normalized spacial score (nSPS) is 14.0. The Morgan fingerprint density at radius 2 is 0.958 bits per heavy atom. The van der Waals surface area contributed by atoms with Gasteiger partial charge in [-0.15, -0.1) is 0 Å². The molecule has 0 rings (SSSR count). The third-order valence-corrected chi connectivity index (χ3v) is 9.20. The van der Waals surface area contributed by atoms with Crippen LogP contribution in [0.2, 0.25) is 0 Å². The Hall–Kier alpha value is -1.96. The van der Waals surface area contributed by atoms with Gasteiger partial charge in [0.1, 0.15) is 0 Å². The van der Waals surface area contributed by atoms with Gasteiger partial charge in [0.05, 0.1) is 17.9 Å². The lowest BCUT2D eigenvalue weighted by Gasteiger charge is -2.21. The average molecular weight is 692 g/mol. The third-order valence-electron chi connectivity index (χ3n) is 8.42. The average Bonchev–Trinajstić information content (AvgIpc) is 3.05. The van der Waals surface area contributed by atoms with Gasteiger partial charge < -0.3 is 10.4 Å². The largest absolute Gasteiger partial charge is 0.387 e. The van der Waals surface area contributed by atoms with Gasteiger partial charge in [-0.2, -0.15) is 8.42 Å². The molecule has 3 N–H and O–H groups in total. The van der Waals surface area contributed by atoms with E-state index in [1.807, 2.05) is 0 Å². The van der Waals surface area contributed by atoms with Crippen LogP contribution in [0, 0.1) is 0 Å². The number of hydrogen-bond acceptors (Lipinski definition) is 4. The fourth-order valence-electron chi connectivity index (χ4n) is 5.47. The first kappa shape index (κ1) is 46.0. The molecule has 0 saturated carbocycles. The topological polar surface area (TPSA) is 104 Å². The number of nitrogens with one attached hydrogen (secondary N) is 1. The standard InChI is InChI=1S/C41H73NO5S/c1-3-5-7-9-11-13-15-16-17-18-19-20-21-22-23-24-25-26-27-29-31-33-35-37-41(44)42-39(38-48(45,46)47)40(43)36-34-32-30-28-14-12-10-8-6-4-2/h14-16,18-19,21-22,28,34,36,39-40,43H,3-13,17,20,23-27,29-33,35,37-38H2,1-2H3,(H,42,44)(H,45,46,47)/b16-15-,19-18-,22-21-,28-14+,36-34+. The van der Waals surface area contributed by atoms with Crippen molar-refractivity contribution < 1.29 is 22.9 Å². The lowest BCUT2D eigenvalue weighted by molar-refractivity contribution is -0.122. The minimum Gasteiger partial charge on any atom is -0.387 e. The summed E-state index contributed by atoms with van der Waals surface area (Å²) < 4.78 is 32.3. The lowest BCUT2D eigenvalue weighted by atomic mass is 10.1. The molecule has 0 aliphatic rings. The molecule has 48 heavy (non-hydrogen) atoms. The van der Waals surface area contributed by atoms with Crippen molar-refractivity contribution in [1.29, 1.82) is 0 Å². The van der Waals surface area contributed by atoms with Gasteiger partial charge in [0.2, 0.25) is 5.91 Å². The second-order valence-electron chi connectivity index (χ2n) is 13.2. The zero-order valence-corrected chi connectivity index (χ0v) is 31.7. The van der Waals surface area contributed by atoms with Crippen LogP contribution < -0.4 is 5.32 Å². The molecule has 0 aliphatic carbocycles. The van der Waals surface area contributed by atoms with Crippen molar-refractivity contribution in [2.24, 2.45) is 0 Å². The van der Waals surface area contributed by atoms with Crippen LogP contribution in [0.3, 0.4) is 0 Å². The second kappa shape index (κ2) is 34.9. The minimum absolute atomic E-state index is 0.277. The van der Waals surface area contributed by atoms with Crippen molar-refractivity contribution in [2.45, 2.75) is 187 Å². The van der Waals surface area contributed by atoms with E-state index in [4.69, 9.17) is 0 Å². The molecule has 0 saturated heterocycles. The van der Waals surface area contributed by atoms with Crippen molar-refractivity contribution in [1.82, 2.24) is 5.32 Å². The fourth-order valence-corrected chi connectivity index (χ4v) is 6.20. The molecule has 0 aromatic rings. The summed E-state index contributed by atoms with van der Waals surface area (Å²) in [4.78, 5) is 12.5. The van der Waals surface area contributed by atoms with Gasteiger partial charge in [0.15, 0.2) is 0 Å². The zero-order valence-electron chi connectivity index (χ0n) is 30.8. The smallest absolute Gasteiger partial charge is 0.267 e. The van der Waals surface area contributed by atoms with Gasteiger partial charge in [-0.25, -0.2) is 0 Å². The van der Waals surface area contributed by atoms with E-state index < -0.39 is 28.0 Å². The maximum atomic E-state index is 12.5. The number of carbonyl (C=O) groups is 1. The number of allylic oxidation sites excluding steroid dienone is 9. The molecule has 0 radical (unpaired) electrons. The van der Waals surface area contributed by atoms with Crippen LogP contribution in [-0.4, -0.2) is 41.9 Å². The van der Waals surface area contributed by atoms with Crippen LogP contribution in [0.15, 0.2) is 60.8 Å². The third kappa shape index (κ3) is 35.3. The summed E-state index contributed by atoms with van der Waals surface area (Å²) in [5, 5.41) is 13.1. The van der Waals surface area contributed by atoms with Crippen LogP contribution in [0.1, 0.15) is 174 Å². The molecule has 0 bridgehead atoms. The highest BCUT2D eigenvalue weighted by Gasteiger charge is 2.24. The number of carbonyl (C=O) groups excluding carboxylic acids is 1. The van der Waals surface area contributed by atoms with Crippen molar-refractivity contribution in [3.05, 3.63) is 60.8 Å². The lowest BCUT2D eigenvalue weighted by Crippen LogP contribution is -2.46. The predicted octanol–water partition coefficient (Wildman–Crippen LogP) is 11.3. The number of aliphatic hydroxyl groups excluding tert-OH is 1. The summed E-state index contributed by atoms with van der Waals surface area (Å²) >= 11 is 0. The first-order chi connectivity index (χ1) is 23.3. The van der Waals surface area contributed by atoms with E-state index in [1.165, 1.54) is 96.0 Å². The highest BCUT2D eigenvalue weighted by Crippen LogP contribution is 2.12. The van der Waals surface area contributed by atoms with E-state index in [0.717, 1.165) is 57.8 Å². The van der Waals surface area contributed by atoms with Crippen LogP contribution in [-0.2, 0) is 14.9 Å². The van der Waals surface area contributed by atoms with Crippen molar-refractivity contribution in [3.63, 3.8) is 0 Å². The molecular weight excluding hydrogens is 619 g/mol. The van der Waals surface area contributed by atoms with Crippen molar-refractivity contribution in [2.75, 3.05) is 5.75 Å². The van der Waals surface area contributed by atoms with Gasteiger partial charge >= 0.3 is 0 Å². The Kier molecular flexibility index (Phi) is 33.5. The molecule has 1 amide bonds. The first-order valence-corrected chi connectivity index (χ1v) is 21.1. The summed E-state index contributed by atoms with van der Waals surface area (Å²) in [5.41, 5.74) is 0. The Bertz CT molecular complexity index is 983.